The molecule has 19 heavy (non-hydrogen) atoms. The van der Waals surface area contributed by atoms with Gasteiger partial charge < -0.3 is 20.1 Å². The van der Waals surface area contributed by atoms with Crippen molar-refractivity contribution in [1.29, 1.82) is 0 Å². The molecule has 0 saturated carbocycles. The summed E-state index contributed by atoms with van der Waals surface area (Å²) in [7, 11) is 0. The Hall–Kier alpha value is -1.17. The molecule has 1 fully saturated rings. The first-order chi connectivity index (χ1) is 9.36. The monoisotopic (exact) mass is 265 g/mol. The van der Waals surface area contributed by atoms with Crippen LogP contribution in [0.2, 0.25) is 0 Å². The van der Waals surface area contributed by atoms with Crippen molar-refractivity contribution in [3.8, 4) is 0 Å². The zero-order chi connectivity index (χ0) is 13.5. The Kier molecular flexibility index (Phi) is 5.57. The van der Waals surface area contributed by atoms with Crippen molar-refractivity contribution in [1.82, 2.24) is 10.3 Å². The van der Waals surface area contributed by atoms with Gasteiger partial charge in [0.1, 0.15) is 5.82 Å². The van der Waals surface area contributed by atoms with Crippen LogP contribution in [0.4, 0.5) is 5.82 Å². The lowest BCUT2D eigenvalue weighted by Crippen LogP contribution is -2.48. The molecule has 1 aliphatic heterocycles. The highest BCUT2D eigenvalue weighted by Crippen LogP contribution is 2.21. The normalized spacial score (nSPS) is 19.7. The smallest absolute Gasteiger partial charge is 0.133 e. The molecule has 2 heterocycles. The summed E-state index contributed by atoms with van der Waals surface area (Å²) >= 11 is 0. The number of nitrogens with zero attached hydrogens (tertiary/aromatic N) is 2. The number of pyridine rings is 1. The van der Waals surface area contributed by atoms with E-state index in [9.17, 15) is 5.11 Å². The van der Waals surface area contributed by atoms with E-state index in [1.165, 1.54) is 5.56 Å². The van der Waals surface area contributed by atoms with Gasteiger partial charge in [-0.05, 0) is 19.0 Å². The Bertz CT molecular complexity index is 387. The summed E-state index contributed by atoms with van der Waals surface area (Å²) in [4.78, 5) is 6.66. The molecular formula is C14H23N3O2. The molecule has 0 bridgehead atoms. The highest BCUT2D eigenvalue weighted by molar-refractivity contribution is 5.48. The molecule has 5 heteroatoms. The molecule has 1 aromatic heterocycles. The largest absolute Gasteiger partial charge is 0.394 e. The van der Waals surface area contributed by atoms with E-state index < -0.39 is 0 Å². The third-order valence-electron chi connectivity index (χ3n) is 3.32. The van der Waals surface area contributed by atoms with Crippen molar-refractivity contribution in [3.05, 3.63) is 23.9 Å². The van der Waals surface area contributed by atoms with Gasteiger partial charge in [-0.25, -0.2) is 4.98 Å². The molecule has 1 aromatic rings. The van der Waals surface area contributed by atoms with Gasteiger partial charge in [0.05, 0.1) is 25.9 Å². The number of anilines is 1. The first kappa shape index (κ1) is 14.2. The molecule has 0 spiro atoms. The molecule has 0 aromatic carbocycles. The number of nitrogens with one attached hydrogen (secondary N) is 1. The Morgan fingerprint density at radius 3 is 3.26 bits per heavy atom. The molecule has 1 atom stereocenters. The maximum atomic E-state index is 9.46. The lowest BCUT2D eigenvalue weighted by atomic mass is 10.1. The molecule has 5 nitrogen and oxygen atoms in total. The van der Waals surface area contributed by atoms with Crippen LogP contribution in [-0.2, 0) is 11.3 Å². The maximum absolute atomic E-state index is 9.46. The number of ether oxygens (including phenoxy) is 1. The number of aromatic nitrogens is 1. The van der Waals surface area contributed by atoms with Crippen LogP contribution in [0.15, 0.2) is 18.3 Å². The van der Waals surface area contributed by atoms with Crippen molar-refractivity contribution in [2.45, 2.75) is 25.9 Å². The molecule has 1 aliphatic rings. The molecule has 2 N–H and O–H groups in total. The number of rotatable bonds is 6. The quantitative estimate of drug-likeness (QED) is 0.744. The zero-order valence-electron chi connectivity index (χ0n) is 11.5. The van der Waals surface area contributed by atoms with Crippen LogP contribution in [0.1, 0.15) is 18.9 Å². The molecule has 1 saturated heterocycles. The predicted octanol–water partition coefficient (Wildman–Crippen LogP) is 0.779. The molecule has 0 radical (unpaired) electrons. The second-order valence-electron chi connectivity index (χ2n) is 4.77. The fourth-order valence-corrected chi connectivity index (χ4v) is 2.31. The van der Waals surface area contributed by atoms with E-state index in [0.717, 1.165) is 31.9 Å². The Morgan fingerprint density at radius 1 is 1.58 bits per heavy atom. The Morgan fingerprint density at radius 2 is 2.47 bits per heavy atom. The molecule has 106 valence electrons. The van der Waals surface area contributed by atoms with Crippen molar-refractivity contribution < 1.29 is 9.84 Å². The van der Waals surface area contributed by atoms with Gasteiger partial charge in [-0.2, -0.15) is 0 Å². The van der Waals surface area contributed by atoms with Crippen LogP contribution < -0.4 is 10.2 Å². The highest BCUT2D eigenvalue weighted by atomic mass is 16.5. The topological polar surface area (TPSA) is 57.6 Å². The van der Waals surface area contributed by atoms with E-state index in [0.29, 0.717) is 13.2 Å². The number of morpholine rings is 1. The second kappa shape index (κ2) is 7.43. The second-order valence-corrected chi connectivity index (χ2v) is 4.77. The van der Waals surface area contributed by atoms with Crippen LogP contribution in [0.5, 0.6) is 0 Å². The number of hydrogen-bond acceptors (Lipinski definition) is 5. The SMILES string of the molecule is CCCNCc1cccnc1N1CCOCC1CO. The van der Waals surface area contributed by atoms with E-state index in [2.05, 4.69) is 28.2 Å². The van der Waals surface area contributed by atoms with Crippen molar-refractivity contribution in [2.75, 3.05) is 37.8 Å². The van der Waals surface area contributed by atoms with E-state index in [1.54, 1.807) is 0 Å². The van der Waals surface area contributed by atoms with E-state index in [1.807, 2.05) is 12.3 Å². The van der Waals surface area contributed by atoms with E-state index >= 15 is 0 Å². The van der Waals surface area contributed by atoms with Crippen LogP contribution in [-0.4, -0.2) is 49.0 Å². The lowest BCUT2D eigenvalue weighted by molar-refractivity contribution is 0.0722. The fourth-order valence-electron chi connectivity index (χ4n) is 2.31. The summed E-state index contributed by atoms with van der Waals surface area (Å²) in [5, 5.41) is 12.9. The van der Waals surface area contributed by atoms with E-state index in [-0.39, 0.29) is 12.6 Å². The van der Waals surface area contributed by atoms with Gasteiger partial charge in [0.25, 0.3) is 0 Å². The molecule has 0 aliphatic carbocycles. The number of aliphatic hydroxyl groups is 1. The lowest BCUT2D eigenvalue weighted by Gasteiger charge is -2.36. The summed E-state index contributed by atoms with van der Waals surface area (Å²) in [6.07, 6.45) is 2.93. The summed E-state index contributed by atoms with van der Waals surface area (Å²) in [5.74, 6) is 0.966. The first-order valence-electron chi connectivity index (χ1n) is 6.96. The third kappa shape index (κ3) is 3.65. The highest BCUT2D eigenvalue weighted by Gasteiger charge is 2.25. The predicted molar refractivity (Wildman–Crippen MR) is 75.3 cm³/mol. The molecule has 1 unspecified atom stereocenters. The van der Waals surface area contributed by atoms with Gasteiger partial charge >= 0.3 is 0 Å². The number of hydrogen-bond donors (Lipinski definition) is 2. The van der Waals surface area contributed by atoms with Gasteiger partial charge in [0.15, 0.2) is 0 Å². The van der Waals surface area contributed by atoms with Crippen molar-refractivity contribution in [3.63, 3.8) is 0 Å². The summed E-state index contributed by atoms with van der Waals surface area (Å²) in [5.41, 5.74) is 1.18. The third-order valence-corrected chi connectivity index (χ3v) is 3.32. The molecule has 0 amide bonds. The van der Waals surface area contributed by atoms with Crippen LogP contribution >= 0.6 is 0 Å². The molecule has 2 rings (SSSR count). The number of aliphatic hydroxyl groups excluding tert-OH is 1. The minimum atomic E-state index is 0.00794. The van der Waals surface area contributed by atoms with Gasteiger partial charge in [-0.15, -0.1) is 0 Å². The van der Waals surface area contributed by atoms with Crippen molar-refractivity contribution in [2.24, 2.45) is 0 Å². The standard InChI is InChI=1S/C14H23N3O2/c1-2-5-15-9-12-4-3-6-16-14(12)17-7-8-19-11-13(17)10-18/h3-4,6,13,15,18H,2,5,7-11H2,1H3. The maximum Gasteiger partial charge on any atom is 0.133 e. The van der Waals surface area contributed by atoms with Crippen molar-refractivity contribution >= 4 is 5.82 Å². The van der Waals surface area contributed by atoms with Gasteiger partial charge in [0, 0.05) is 24.8 Å². The zero-order valence-corrected chi connectivity index (χ0v) is 11.5. The summed E-state index contributed by atoms with van der Waals surface area (Å²) in [6, 6.07) is 4.06. The average molecular weight is 265 g/mol. The molecular weight excluding hydrogens is 242 g/mol. The van der Waals surface area contributed by atoms with Crippen LogP contribution in [0.3, 0.4) is 0 Å². The minimum absolute atomic E-state index is 0.00794. The fraction of sp³-hybridized carbons (Fsp3) is 0.643. The van der Waals surface area contributed by atoms with Crippen LogP contribution in [0, 0.1) is 0 Å². The summed E-state index contributed by atoms with van der Waals surface area (Å²) < 4.78 is 5.42. The Labute approximate surface area is 114 Å². The first-order valence-corrected chi connectivity index (χ1v) is 6.96. The Balaban J connectivity index is 2.12. The average Bonchev–Trinajstić information content (AvgIpc) is 2.48. The minimum Gasteiger partial charge on any atom is -0.394 e. The van der Waals surface area contributed by atoms with Gasteiger partial charge in [-0.1, -0.05) is 13.0 Å². The summed E-state index contributed by atoms with van der Waals surface area (Å²) in [6.45, 7) is 6.10. The van der Waals surface area contributed by atoms with Gasteiger partial charge in [-0.3, -0.25) is 0 Å². The van der Waals surface area contributed by atoms with Crippen LogP contribution in [0.25, 0.3) is 0 Å². The van der Waals surface area contributed by atoms with Gasteiger partial charge in [0.2, 0.25) is 0 Å². The van der Waals surface area contributed by atoms with E-state index in [4.69, 9.17) is 4.74 Å².